The van der Waals surface area contributed by atoms with Gasteiger partial charge in [0.2, 0.25) is 0 Å². The lowest BCUT2D eigenvalue weighted by molar-refractivity contribution is 0.165. The first kappa shape index (κ1) is 13.9. The third-order valence-electron chi connectivity index (χ3n) is 4.66. The van der Waals surface area contributed by atoms with Crippen LogP contribution in [0.2, 0.25) is 0 Å². The average Bonchev–Trinajstić information content (AvgIpc) is 3.08. The van der Waals surface area contributed by atoms with E-state index >= 15 is 0 Å². The standard InChI is InChI=1S/C16H24N2O2/c1-20-13-5-2-4-12(10-13)16(19)11-17-14-7-9-18-8-3-6-15(14)18/h2,4-5,10,14-17,19H,3,6-9,11H2,1H3. The zero-order valence-corrected chi connectivity index (χ0v) is 12.1. The molecule has 1 aromatic carbocycles. The van der Waals surface area contributed by atoms with Gasteiger partial charge in [0.1, 0.15) is 5.75 Å². The predicted molar refractivity (Wildman–Crippen MR) is 79.0 cm³/mol. The number of benzene rings is 1. The number of nitrogens with one attached hydrogen (secondary N) is 1. The van der Waals surface area contributed by atoms with Crippen LogP contribution in [0.1, 0.15) is 30.9 Å². The molecular weight excluding hydrogens is 252 g/mol. The van der Waals surface area contributed by atoms with E-state index < -0.39 is 6.10 Å². The minimum absolute atomic E-state index is 0.472. The Hall–Kier alpha value is -1.10. The summed E-state index contributed by atoms with van der Waals surface area (Å²) in [5, 5.41) is 13.9. The largest absolute Gasteiger partial charge is 0.497 e. The molecule has 110 valence electrons. The summed E-state index contributed by atoms with van der Waals surface area (Å²) in [6, 6.07) is 8.90. The Kier molecular flexibility index (Phi) is 4.24. The SMILES string of the molecule is COc1cccc(C(O)CNC2CCN3CCCC23)c1. The Morgan fingerprint density at radius 1 is 1.40 bits per heavy atom. The minimum atomic E-state index is -0.472. The van der Waals surface area contributed by atoms with Gasteiger partial charge >= 0.3 is 0 Å². The lowest BCUT2D eigenvalue weighted by atomic mass is 10.0. The maximum Gasteiger partial charge on any atom is 0.119 e. The van der Waals surface area contributed by atoms with Gasteiger partial charge in [-0.3, -0.25) is 4.90 Å². The molecule has 0 saturated carbocycles. The van der Waals surface area contributed by atoms with Gasteiger partial charge in [0, 0.05) is 25.2 Å². The quantitative estimate of drug-likeness (QED) is 0.856. The Balaban J connectivity index is 1.55. The molecule has 3 atom stereocenters. The maximum atomic E-state index is 10.3. The highest BCUT2D eigenvalue weighted by molar-refractivity contribution is 5.29. The van der Waals surface area contributed by atoms with Crippen LogP contribution in [0.3, 0.4) is 0 Å². The highest BCUT2D eigenvalue weighted by Gasteiger charge is 2.36. The summed E-state index contributed by atoms with van der Waals surface area (Å²) in [6.45, 7) is 3.07. The summed E-state index contributed by atoms with van der Waals surface area (Å²) < 4.78 is 5.20. The highest BCUT2D eigenvalue weighted by atomic mass is 16.5. The van der Waals surface area contributed by atoms with Crippen molar-refractivity contribution in [2.75, 3.05) is 26.7 Å². The van der Waals surface area contributed by atoms with Gasteiger partial charge in [0.25, 0.3) is 0 Å². The first-order chi connectivity index (χ1) is 9.78. The Labute approximate surface area is 120 Å². The molecule has 2 saturated heterocycles. The van der Waals surface area contributed by atoms with Crippen LogP contribution in [0.5, 0.6) is 5.75 Å². The molecule has 3 unspecified atom stereocenters. The normalized spacial score (nSPS) is 27.5. The number of hydrogen-bond donors (Lipinski definition) is 2. The molecule has 2 aliphatic heterocycles. The van der Waals surface area contributed by atoms with Gasteiger partial charge in [0.15, 0.2) is 0 Å². The highest BCUT2D eigenvalue weighted by Crippen LogP contribution is 2.28. The van der Waals surface area contributed by atoms with Crippen molar-refractivity contribution >= 4 is 0 Å². The second-order valence-electron chi connectivity index (χ2n) is 5.84. The van der Waals surface area contributed by atoms with Crippen LogP contribution < -0.4 is 10.1 Å². The molecule has 2 aliphatic rings. The molecule has 0 aromatic heterocycles. The van der Waals surface area contributed by atoms with Crippen LogP contribution in [0.25, 0.3) is 0 Å². The van der Waals surface area contributed by atoms with Crippen LogP contribution in [-0.2, 0) is 0 Å². The van der Waals surface area contributed by atoms with Crippen molar-refractivity contribution < 1.29 is 9.84 Å². The molecule has 2 fully saturated rings. The average molecular weight is 276 g/mol. The van der Waals surface area contributed by atoms with Crippen molar-refractivity contribution in [2.24, 2.45) is 0 Å². The molecular formula is C16H24N2O2. The van der Waals surface area contributed by atoms with Crippen LogP contribution in [0, 0.1) is 0 Å². The molecule has 1 aromatic rings. The molecule has 3 rings (SSSR count). The van der Waals surface area contributed by atoms with Crippen molar-refractivity contribution in [1.82, 2.24) is 10.2 Å². The number of hydrogen-bond acceptors (Lipinski definition) is 4. The van der Waals surface area contributed by atoms with Gasteiger partial charge in [-0.1, -0.05) is 12.1 Å². The van der Waals surface area contributed by atoms with Crippen molar-refractivity contribution in [3.05, 3.63) is 29.8 Å². The molecule has 0 radical (unpaired) electrons. The van der Waals surface area contributed by atoms with E-state index in [0.717, 1.165) is 11.3 Å². The van der Waals surface area contributed by atoms with Crippen molar-refractivity contribution in [2.45, 2.75) is 37.5 Å². The van der Waals surface area contributed by atoms with Crippen molar-refractivity contribution in [3.8, 4) is 5.75 Å². The summed E-state index contributed by atoms with van der Waals surface area (Å²) >= 11 is 0. The summed E-state index contributed by atoms with van der Waals surface area (Å²) in [4.78, 5) is 2.58. The number of fused-ring (bicyclic) bond motifs is 1. The summed E-state index contributed by atoms with van der Waals surface area (Å²) in [7, 11) is 1.65. The zero-order valence-electron chi connectivity index (χ0n) is 12.1. The van der Waals surface area contributed by atoms with Crippen LogP contribution >= 0.6 is 0 Å². The molecule has 0 aliphatic carbocycles. The Morgan fingerprint density at radius 2 is 2.30 bits per heavy atom. The molecule has 2 N–H and O–H groups in total. The number of nitrogens with zero attached hydrogens (tertiary/aromatic N) is 1. The number of aliphatic hydroxyl groups excluding tert-OH is 1. The number of methoxy groups -OCH3 is 1. The second kappa shape index (κ2) is 6.12. The Bertz CT molecular complexity index is 452. The third kappa shape index (κ3) is 2.82. The molecule has 0 spiro atoms. The van der Waals surface area contributed by atoms with Gasteiger partial charge in [-0.15, -0.1) is 0 Å². The summed E-state index contributed by atoms with van der Waals surface area (Å²) in [5.41, 5.74) is 0.915. The van der Waals surface area contributed by atoms with E-state index in [2.05, 4.69) is 10.2 Å². The Morgan fingerprint density at radius 3 is 3.15 bits per heavy atom. The maximum absolute atomic E-state index is 10.3. The lowest BCUT2D eigenvalue weighted by Gasteiger charge is -2.23. The summed E-state index contributed by atoms with van der Waals surface area (Å²) in [6.07, 6.45) is 3.35. The summed E-state index contributed by atoms with van der Waals surface area (Å²) in [5.74, 6) is 0.796. The van der Waals surface area contributed by atoms with Crippen LogP contribution in [0.4, 0.5) is 0 Å². The molecule has 0 bridgehead atoms. The topological polar surface area (TPSA) is 44.7 Å². The van der Waals surface area contributed by atoms with Gasteiger partial charge in [-0.05, 0) is 43.5 Å². The van der Waals surface area contributed by atoms with Crippen LogP contribution in [-0.4, -0.2) is 48.8 Å². The predicted octanol–water partition coefficient (Wildman–Crippen LogP) is 1.55. The molecule has 2 heterocycles. The monoisotopic (exact) mass is 276 g/mol. The number of ether oxygens (including phenoxy) is 1. The number of rotatable bonds is 5. The molecule has 0 amide bonds. The fraction of sp³-hybridized carbons (Fsp3) is 0.625. The zero-order chi connectivity index (χ0) is 13.9. The van der Waals surface area contributed by atoms with Crippen LogP contribution in [0.15, 0.2) is 24.3 Å². The van der Waals surface area contributed by atoms with E-state index in [-0.39, 0.29) is 0 Å². The third-order valence-corrected chi connectivity index (χ3v) is 4.66. The lowest BCUT2D eigenvalue weighted by Crippen LogP contribution is -2.40. The van der Waals surface area contributed by atoms with E-state index in [0.29, 0.717) is 18.6 Å². The first-order valence-corrected chi connectivity index (χ1v) is 7.57. The minimum Gasteiger partial charge on any atom is -0.497 e. The number of aliphatic hydroxyl groups is 1. The van der Waals surface area contributed by atoms with E-state index in [1.807, 2.05) is 24.3 Å². The first-order valence-electron chi connectivity index (χ1n) is 7.57. The van der Waals surface area contributed by atoms with Gasteiger partial charge in [-0.2, -0.15) is 0 Å². The van der Waals surface area contributed by atoms with Gasteiger partial charge in [-0.25, -0.2) is 0 Å². The van der Waals surface area contributed by atoms with Gasteiger partial charge < -0.3 is 15.2 Å². The fourth-order valence-corrected chi connectivity index (χ4v) is 3.55. The van der Waals surface area contributed by atoms with E-state index in [1.54, 1.807) is 7.11 Å². The van der Waals surface area contributed by atoms with Crippen molar-refractivity contribution in [1.29, 1.82) is 0 Å². The second-order valence-corrected chi connectivity index (χ2v) is 5.84. The van der Waals surface area contributed by atoms with Gasteiger partial charge in [0.05, 0.1) is 13.2 Å². The van der Waals surface area contributed by atoms with E-state index in [9.17, 15) is 5.11 Å². The smallest absolute Gasteiger partial charge is 0.119 e. The molecule has 20 heavy (non-hydrogen) atoms. The van der Waals surface area contributed by atoms with E-state index in [1.165, 1.54) is 32.4 Å². The van der Waals surface area contributed by atoms with Crippen molar-refractivity contribution in [3.63, 3.8) is 0 Å². The fourth-order valence-electron chi connectivity index (χ4n) is 3.55. The molecule has 4 heteroatoms. The molecule has 4 nitrogen and oxygen atoms in total. The van der Waals surface area contributed by atoms with E-state index in [4.69, 9.17) is 4.74 Å².